The van der Waals surface area contributed by atoms with Gasteiger partial charge >= 0.3 is 5.97 Å². The van der Waals surface area contributed by atoms with E-state index in [4.69, 9.17) is 85.3 Å². The lowest BCUT2D eigenvalue weighted by atomic mass is 9.44. The Morgan fingerprint density at radius 3 is 1.32 bits per heavy atom. The maximum absolute atomic E-state index is 13.1. The predicted octanol–water partition coefficient (Wildman–Crippen LogP) is 4.84. The Morgan fingerprint density at radius 2 is 0.898 bits per heavy atom. The lowest BCUT2D eigenvalue weighted by Crippen LogP contribution is -2.71. The van der Waals surface area contributed by atoms with Gasteiger partial charge in [0.05, 0.1) is 90.4 Å². The lowest BCUT2D eigenvalue weighted by molar-refractivity contribution is -0.354. The number of fused-ring (bicyclic) bond motifs is 5. The molecule has 0 aromatic rings. The second-order valence-electron chi connectivity index (χ2n) is 27.4. The van der Waals surface area contributed by atoms with Crippen molar-refractivity contribution in [1.82, 2.24) is 0 Å². The van der Waals surface area contributed by atoms with E-state index in [1.165, 1.54) is 26.5 Å². The Bertz CT molecular complexity index is 2370. The quantitative estimate of drug-likeness (QED) is 0.0994. The highest BCUT2D eigenvalue weighted by molar-refractivity contribution is 5.87. The molecule has 6 aliphatic heterocycles. The largest absolute Gasteiger partial charge is 0.462 e. The normalized spacial score (nSPS) is 51.6. The van der Waals surface area contributed by atoms with Gasteiger partial charge in [0, 0.05) is 81.0 Å². The Morgan fingerprint density at radius 1 is 0.500 bits per heavy atom. The van der Waals surface area contributed by atoms with E-state index >= 15 is 0 Å². The fraction of sp³-hybridized carbons (Fsp3) is 0.938. The highest BCUT2D eigenvalue weighted by Crippen LogP contribution is 2.69. The number of aliphatic hydroxyl groups is 4. The van der Waals surface area contributed by atoms with Gasteiger partial charge in [-0.25, -0.2) is 0 Å². The van der Waals surface area contributed by atoms with Gasteiger partial charge in [-0.05, 0) is 111 Å². The van der Waals surface area contributed by atoms with Crippen LogP contribution in [0.4, 0.5) is 0 Å². The predicted molar refractivity (Wildman–Crippen MR) is 309 cm³/mol. The summed E-state index contributed by atoms with van der Waals surface area (Å²) in [7, 11) is 8.10. The van der Waals surface area contributed by atoms with Crippen molar-refractivity contribution >= 4 is 11.8 Å². The van der Waals surface area contributed by atoms with Crippen molar-refractivity contribution in [3.63, 3.8) is 0 Å². The van der Waals surface area contributed by atoms with E-state index in [0.29, 0.717) is 51.4 Å². The fourth-order valence-corrected chi connectivity index (χ4v) is 17.4. The summed E-state index contributed by atoms with van der Waals surface area (Å²) in [6.45, 7) is 18.0. The number of rotatable bonds is 19. The maximum atomic E-state index is 13.1. The topological polar surface area (TPSA) is 281 Å². The molecular weight excluding hydrogens is 1150 g/mol. The Hall–Kier alpha value is -1.96. The van der Waals surface area contributed by atoms with E-state index in [-0.39, 0.29) is 48.7 Å². The first-order chi connectivity index (χ1) is 41.7. The van der Waals surface area contributed by atoms with Gasteiger partial charge in [0.2, 0.25) is 0 Å². The van der Waals surface area contributed by atoms with Crippen molar-refractivity contribution in [3.8, 4) is 0 Å². The average molecular weight is 1260 g/mol. The van der Waals surface area contributed by atoms with E-state index in [1.807, 2.05) is 34.6 Å². The highest BCUT2D eigenvalue weighted by atomic mass is 16.8. The van der Waals surface area contributed by atoms with Gasteiger partial charge in [-0.15, -0.1) is 0 Å². The summed E-state index contributed by atoms with van der Waals surface area (Å²) < 4.78 is 113. The van der Waals surface area contributed by atoms with Crippen LogP contribution in [0, 0.1) is 22.7 Å². The molecule has 6 saturated heterocycles. The molecule has 0 radical (unpaired) electrons. The molecule has 0 amide bonds. The van der Waals surface area contributed by atoms with Crippen LogP contribution in [-0.2, 0) is 94.9 Å². The molecule has 24 heteroatoms. The minimum absolute atomic E-state index is 0.0480. The van der Waals surface area contributed by atoms with Gasteiger partial charge in [-0.2, -0.15) is 0 Å². The summed E-state index contributed by atoms with van der Waals surface area (Å²) in [6.07, 6.45) is -6.85. The molecule has 0 unspecified atom stereocenters. The van der Waals surface area contributed by atoms with Crippen LogP contribution < -0.4 is 0 Å². The van der Waals surface area contributed by atoms with Crippen molar-refractivity contribution < 1.29 is 115 Å². The van der Waals surface area contributed by atoms with Gasteiger partial charge < -0.3 is 106 Å². The van der Waals surface area contributed by atoms with Gasteiger partial charge in [0.25, 0.3) is 0 Å². The third-order valence-electron chi connectivity index (χ3n) is 22.5. The number of carbonyl (C=O) groups excluding carboxylic acids is 2. The number of ketones is 1. The first-order valence-electron chi connectivity index (χ1n) is 32.4. The van der Waals surface area contributed by atoms with Crippen LogP contribution in [-0.4, -0.2) is 239 Å². The molecule has 0 aromatic carbocycles. The zero-order valence-corrected chi connectivity index (χ0v) is 54.4. The molecule has 10 rings (SSSR count). The van der Waals surface area contributed by atoms with Crippen molar-refractivity contribution in [1.29, 1.82) is 0 Å². The van der Waals surface area contributed by atoms with Crippen molar-refractivity contribution in [2.75, 3.05) is 35.5 Å². The summed E-state index contributed by atoms with van der Waals surface area (Å²) >= 11 is 0. The van der Waals surface area contributed by atoms with Gasteiger partial charge in [-0.3, -0.25) is 9.59 Å². The summed E-state index contributed by atoms with van der Waals surface area (Å²) in [4.78, 5) is 25.7. The zero-order chi connectivity index (χ0) is 63.5. The number of ether oxygens (including phenoxy) is 18. The summed E-state index contributed by atoms with van der Waals surface area (Å²) in [5, 5.41) is 46.4. The molecule has 0 bridgehead atoms. The number of carbonyl (C=O) groups is 2. The van der Waals surface area contributed by atoms with Crippen LogP contribution in [0.2, 0.25) is 0 Å². The molecule has 0 spiro atoms. The van der Waals surface area contributed by atoms with E-state index in [2.05, 4.69) is 13.0 Å². The van der Waals surface area contributed by atoms with Crippen LogP contribution in [0.1, 0.15) is 153 Å². The number of allylic oxidation sites excluding steroid dienone is 1. The summed E-state index contributed by atoms with van der Waals surface area (Å²) in [6, 6.07) is 0. The number of hydrogen-bond donors (Lipinski definition) is 4. The van der Waals surface area contributed by atoms with Crippen LogP contribution >= 0.6 is 0 Å². The first-order valence-corrected chi connectivity index (χ1v) is 32.4. The number of aliphatic hydroxyl groups excluding tert-OH is 2. The molecule has 10 aliphatic rings. The molecule has 504 valence electrons. The second kappa shape index (κ2) is 27.8. The average Bonchev–Trinajstić information content (AvgIpc) is 1.40. The molecule has 3 saturated carbocycles. The molecule has 88 heavy (non-hydrogen) atoms. The molecule has 4 N–H and O–H groups in total. The third kappa shape index (κ3) is 13.1. The summed E-state index contributed by atoms with van der Waals surface area (Å²) in [5.74, 6) is -1.20. The Kier molecular flexibility index (Phi) is 21.7. The zero-order valence-electron chi connectivity index (χ0n) is 54.4. The molecule has 32 atom stereocenters. The van der Waals surface area contributed by atoms with E-state index in [1.54, 1.807) is 42.3 Å². The first kappa shape index (κ1) is 68.9. The second-order valence-corrected chi connectivity index (χ2v) is 27.4. The molecule has 4 aliphatic carbocycles. The van der Waals surface area contributed by atoms with E-state index < -0.39 is 176 Å². The number of methoxy groups -OCH3 is 5. The van der Waals surface area contributed by atoms with Crippen LogP contribution in [0.3, 0.4) is 0 Å². The molecular formula is C64H104O24. The Labute approximate surface area is 519 Å². The van der Waals surface area contributed by atoms with Crippen molar-refractivity contribution in [3.05, 3.63) is 11.6 Å². The Balaban J connectivity index is 0.685. The van der Waals surface area contributed by atoms with Gasteiger partial charge in [0.15, 0.2) is 43.5 Å². The SMILES string of the molecule is CO[C@H]1C[C@H](O[C@H]2CC[C@@]3(C)C(=CC[C@@H]4[C@@H]3C[C@@H](OC(C)=O)[C@]3(C)[C@](O)(C(C)=O)CC[C@]43O)C2)O[C@H](C)[C@H]1O[C@@H]1C[C@@H](OC)[C@@H](O[C@@H]2C[C@@H](OC)[C@@H](O[C@H]3C[C@H](OC)[C@H](O[C@H]4C[C@H](O)[C@H](O[C@@H]5C[C@@H](OC)[C@@H](O)[C@H](C)O5)[C@@H](C)O4)[C@@H](C)O3)[C@H](C)O2)[C@H](C)O1. The van der Waals surface area contributed by atoms with E-state index in [0.717, 1.165) is 12.8 Å². The number of Topliss-reactive ketones (excluding diaryl/α,β-unsaturated/α-hetero) is 1. The van der Waals surface area contributed by atoms with Gasteiger partial charge in [-0.1, -0.05) is 25.5 Å². The standard InChI is InChI=1S/C64H104O24/c1-30-55(68)43(71-11)25-51(76-30)84-56-31(2)77-49(24-42(56)67)85-57-33(4)79-52(27-45(57)73-13)87-59-35(6)81-54(29-47(59)75-15)88-60-34(5)80-53(28-46(60)74-14)86-58-32(3)78-50(26-44(58)72-12)83-39-18-19-61(9)38(22-39)16-17-40-41(61)23-48(82-37(8)66)62(10)63(69,36(7)65)20-21-64(40,62)70/h16,30-35,39-60,67-70H,17-29H2,1-15H3/t30-,31+,32+,33+,34-,35-,39-,40+,41-,42-,43+,44-,45-,46+,47+,48+,49-,50-,51+,52-,53+,54+,55-,56+,57+,58+,59-,60-,61-,62+,63+,64-/m0/s1. The monoisotopic (exact) mass is 1260 g/mol. The molecule has 6 heterocycles. The third-order valence-corrected chi connectivity index (χ3v) is 22.5. The minimum Gasteiger partial charge on any atom is -0.462 e. The highest BCUT2D eigenvalue weighted by Gasteiger charge is 2.77. The fourth-order valence-electron chi connectivity index (χ4n) is 17.4. The molecule has 0 aromatic heterocycles. The number of esters is 1. The van der Waals surface area contributed by atoms with Gasteiger partial charge in [0.1, 0.15) is 48.3 Å². The van der Waals surface area contributed by atoms with Crippen LogP contribution in [0.5, 0.6) is 0 Å². The molecule has 24 nitrogen and oxygen atoms in total. The minimum atomic E-state index is -1.81. The lowest BCUT2D eigenvalue weighted by Gasteiger charge is -2.63. The smallest absolute Gasteiger partial charge is 0.302 e. The van der Waals surface area contributed by atoms with Crippen molar-refractivity contribution in [2.24, 2.45) is 22.7 Å². The molecule has 9 fully saturated rings. The summed E-state index contributed by atoms with van der Waals surface area (Å²) in [5.41, 5.74) is -3.67. The van der Waals surface area contributed by atoms with Crippen LogP contribution in [0.25, 0.3) is 0 Å². The van der Waals surface area contributed by atoms with Crippen molar-refractivity contribution in [2.45, 2.75) is 324 Å². The van der Waals surface area contributed by atoms with E-state index in [9.17, 15) is 30.0 Å². The maximum Gasteiger partial charge on any atom is 0.302 e. The number of hydrogen-bond acceptors (Lipinski definition) is 24. The van der Waals surface area contributed by atoms with Crippen LogP contribution in [0.15, 0.2) is 11.6 Å².